The zero-order valence-corrected chi connectivity index (χ0v) is 14.0. The molecule has 0 amide bonds. The lowest BCUT2D eigenvalue weighted by Gasteiger charge is -2.42. The smallest absolute Gasteiger partial charge is 0.266 e. The van der Waals surface area contributed by atoms with Gasteiger partial charge in [-0.05, 0) is 30.5 Å². The van der Waals surface area contributed by atoms with Crippen LogP contribution in [-0.4, -0.2) is 22.6 Å². The molecule has 5 heterocycles. The van der Waals surface area contributed by atoms with Crippen LogP contribution in [0.2, 0.25) is 0 Å². The zero-order chi connectivity index (χ0) is 17.7. The SMILES string of the molecule is N#Cc1nc(-c2ccco2)oc1N1C[C@@H]2C[C@H](C1)c1cccc(=O)n1C2. The number of anilines is 1. The summed E-state index contributed by atoms with van der Waals surface area (Å²) in [6.07, 6.45) is 2.59. The van der Waals surface area contributed by atoms with E-state index in [1.54, 1.807) is 24.5 Å². The van der Waals surface area contributed by atoms with Crippen LogP contribution in [0, 0.1) is 17.2 Å². The van der Waals surface area contributed by atoms with Crippen LogP contribution in [0.4, 0.5) is 5.88 Å². The van der Waals surface area contributed by atoms with Gasteiger partial charge in [0.25, 0.3) is 11.4 Å². The van der Waals surface area contributed by atoms with Gasteiger partial charge in [0.1, 0.15) is 6.07 Å². The monoisotopic (exact) mass is 348 g/mol. The fraction of sp³-hybridized carbons (Fsp3) is 0.316. The Balaban J connectivity index is 1.52. The maximum absolute atomic E-state index is 12.1. The van der Waals surface area contributed by atoms with E-state index in [4.69, 9.17) is 8.83 Å². The van der Waals surface area contributed by atoms with Gasteiger partial charge in [0.15, 0.2) is 5.76 Å². The molecule has 0 spiro atoms. The van der Waals surface area contributed by atoms with E-state index >= 15 is 0 Å². The van der Waals surface area contributed by atoms with Crippen LogP contribution in [0.3, 0.4) is 0 Å². The van der Waals surface area contributed by atoms with Crippen molar-refractivity contribution < 1.29 is 8.83 Å². The summed E-state index contributed by atoms with van der Waals surface area (Å²) in [6.45, 7) is 2.13. The third-order valence-corrected chi connectivity index (χ3v) is 5.21. The highest BCUT2D eigenvalue weighted by Crippen LogP contribution is 2.38. The van der Waals surface area contributed by atoms with Crippen molar-refractivity contribution in [1.82, 2.24) is 9.55 Å². The largest absolute Gasteiger partial charge is 0.459 e. The summed E-state index contributed by atoms with van der Waals surface area (Å²) < 4.78 is 13.1. The molecule has 0 radical (unpaired) electrons. The van der Waals surface area contributed by atoms with Gasteiger partial charge in [0, 0.05) is 37.3 Å². The van der Waals surface area contributed by atoms with Crippen molar-refractivity contribution in [2.45, 2.75) is 18.9 Å². The summed E-state index contributed by atoms with van der Waals surface area (Å²) in [6, 6.07) is 11.1. The lowest BCUT2D eigenvalue weighted by molar-refractivity contribution is 0.275. The van der Waals surface area contributed by atoms with Gasteiger partial charge >= 0.3 is 0 Å². The van der Waals surface area contributed by atoms with Crippen LogP contribution in [-0.2, 0) is 6.54 Å². The molecule has 2 aliphatic rings. The number of pyridine rings is 1. The fourth-order valence-corrected chi connectivity index (χ4v) is 4.17. The van der Waals surface area contributed by atoms with Gasteiger partial charge in [0.05, 0.1) is 6.26 Å². The van der Waals surface area contributed by atoms with Crippen molar-refractivity contribution in [3.05, 3.63) is 58.3 Å². The second-order valence-electron chi connectivity index (χ2n) is 6.87. The van der Waals surface area contributed by atoms with E-state index in [1.807, 2.05) is 16.7 Å². The van der Waals surface area contributed by atoms with E-state index in [0.717, 1.165) is 18.7 Å². The molecule has 7 nitrogen and oxygen atoms in total. The molecule has 130 valence electrons. The molecule has 2 aliphatic heterocycles. The average molecular weight is 348 g/mol. The minimum atomic E-state index is 0.0585. The maximum Gasteiger partial charge on any atom is 0.266 e. The molecular weight excluding hydrogens is 332 g/mol. The normalized spacial score (nSPS) is 21.3. The highest BCUT2D eigenvalue weighted by Gasteiger charge is 2.36. The Bertz CT molecular complexity index is 1060. The van der Waals surface area contributed by atoms with Crippen molar-refractivity contribution in [3.8, 4) is 17.7 Å². The highest BCUT2D eigenvalue weighted by molar-refractivity contribution is 5.56. The van der Waals surface area contributed by atoms with Crippen molar-refractivity contribution in [3.63, 3.8) is 0 Å². The summed E-state index contributed by atoms with van der Waals surface area (Å²) in [4.78, 5) is 18.5. The van der Waals surface area contributed by atoms with Gasteiger partial charge in [0.2, 0.25) is 11.6 Å². The first-order valence-corrected chi connectivity index (χ1v) is 8.62. The Morgan fingerprint density at radius 3 is 2.92 bits per heavy atom. The molecule has 0 aliphatic carbocycles. The Hall–Kier alpha value is -3.27. The van der Waals surface area contributed by atoms with Gasteiger partial charge in [-0.25, -0.2) is 0 Å². The predicted octanol–water partition coefficient (Wildman–Crippen LogP) is 2.59. The minimum Gasteiger partial charge on any atom is -0.459 e. The fourth-order valence-electron chi connectivity index (χ4n) is 4.17. The van der Waals surface area contributed by atoms with Crippen LogP contribution < -0.4 is 10.5 Å². The van der Waals surface area contributed by atoms with Crippen LogP contribution in [0.15, 0.2) is 50.2 Å². The lowest BCUT2D eigenvalue weighted by Crippen LogP contribution is -2.47. The Morgan fingerprint density at radius 2 is 2.12 bits per heavy atom. The lowest BCUT2D eigenvalue weighted by atomic mass is 9.83. The zero-order valence-electron chi connectivity index (χ0n) is 14.0. The number of rotatable bonds is 2. The summed E-state index contributed by atoms with van der Waals surface area (Å²) in [5.74, 6) is 1.88. The Morgan fingerprint density at radius 1 is 1.19 bits per heavy atom. The molecule has 1 saturated heterocycles. The van der Waals surface area contributed by atoms with E-state index in [0.29, 0.717) is 36.5 Å². The number of aromatic nitrogens is 2. The molecule has 5 rings (SSSR count). The first-order valence-electron chi connectivity index (χ1n) is 8.62. The second-order valence-corrected chi connectivity index (χ2v) is 6.87. The van der Waals surface area contributed by atoms with Crippen LogP contribution >= 0.6 is 0 Å². The second kappa shape index (κ2) is 5.63. The molecular formula is C19H16N4O3. The van der Waals surface area contributed by atoms with Gasteiger partial charge in [-0.1, -0.05) is 6.07 Å². The number of hydrogen-bond acceptors (Lipinski definition) is 6. The van der Waals surface area contributed by atoms with E-state index in [2.05, 4.69) is 16.0 Å². The summed E-state index contributed by atoms with van der Waals surface area (Å²) in [7, 11) is 0. The Kier molecular flexibility index (Phi) is 3.25. The first-order chi connectivity index (χ1) is 12.7. The van der Waals surface area contributed by atoms with Gasteiger partial charge < -0.3 is 18.3 Å². The molecule has 3 aromatic heterocycles. The predicted molar refractivity (Wildman–Crippen MR) is 92.7 cm³/mol. The molecule has 0 saturated carbocycles. The molecule has 2 bridgehead atoms. The number of piperidine rings is 1. The average Bonchev–Trinajstić information content (AvgIpc) is 3.32. The van der Waals surface area contributed by atoms with Crippen LogP contribution in [0.5, 0.6) is 0 Å². The van der Waals surface area contributed by atoms with Gasteiger partial charge in [-0.15, -0.1) is 0 Å². The Labute approximate surface area is 149 Å². The first kappa shape index (κ1) is 15.0. The number of nitrogens with zero attached hydrogens (tertiary/aromatic N) is 4. The molecule has 2 atom stereocenters. The van der Waals surface area contributed by atoms with Crippen molar-refractivity contribution in [2.24, 2.45) is 5.92 Å². The van der Waals surface area contributed by atoms with Crippen molar-refractivity contribution >= 4 is 5.88 Å². The van der Waals surface area contributed by atoms with E-state index in [9.17, 15) is 10.1 Å². The van der Waals surface area contributed by atoms with Crippen molar-refractivity contribution in [2.75, 3.05) is 18.0 Å². The van der Waals surface area contributed by atoms with Gasteiger partial charge in [-0.2, -0.15) is 10.2 Å². The summed E-state index contributed by atoms with van der Waals surface area (Å²) >= 11 is 0. The van der Waals surface area contributed by atoms with Gasteiger partial charge in [-0.3, -0.25) is 4.79 Å². The molecule has 0 unspecified atom stereocenters. The van der Waals surface area contributed by atoms with E-state index < -0.39 is 0 Å². The standard InChI is InChI=1S/C19H16N4O3/c20-8-14-19(26-18(21-14)16-4-2-6-25-16)22-9-12-7-13(11-22)15-3-1-5-17(24)23(15)10-12/h1-6,12-13H,7,9-11H2/t12-,13+/m0/s1. The topological polar surface area (TPSA) is 88.2 Å². The number of nitriles is 1. The van der Waals surface area contributed by atoms with Crippen LogP contribution in [0.25, 0.3) is 11.7 Å². The number of oxazole rings is 1. The van der Waals surface area contributed by atoms with Crippen LogP contribution in [0.1, 0.15) is 23.7 Å². The van der Waals surface area contributed by atoms with Crippen molar-refractivity contribution in [1.29, 1.82) is 5.26 Å². The molecule has 0 N–H and O–H groups in total. The summed E-state index contributed by atoms with van der Waals surface area (Å²) in [5, 5.41) is 9.48. The third kappa shape index (κ3) is 2.26. The third-order valence-electron chi connectivity index (χ3n) is 5.21. The number of hydrogen-bond donors (Lipinski definition) is 0. The quantitative estimate of drug-likeness (QED) is 0.707. The molecule has 26 heavy (non-hydrogen) atoms. The summed E-state index contributed by atoms with van der Waals surface area (Å²) in [5.41, 5.74) is 1.38. The van der Waals surface area contributed by atoms with E-state index in [1.165, 1.54) is 0 Å². The van der Waals surface area contributed by atoms with E-state index in [-0.39, 0.29) is 17.2 Å². The number of fused-ring (bicyclic) bond motifs is 4. The minimum absolute atomic E-state index is 0.0585. The molecule has 1 fully saturated rings. The maximum atomic E-state index is 12.1. The molecule has 7 heteroatoms. The molecule has 0 aromatic carbocycles. The number of furan rings is 1. The highest BCUT2D eigenvalue weighted by atomic mass is 16.4. The molecule has 3 aromatic rings.